The summed E-state index contributed by atoms with van der Waals surface area (Å²) >= 11 is 0. The van der Waals surface area contributed by atoms with Crippen molar-refractivity contribution in [3.05, 3.63) is 71.5 Å². The van der Waals surface area contributed by atoms with E-state index in [4.69, 9.17) is 9.47 Å². The van der Waals surface area contributed by atoms with Crippen molar-refractivity contribution in [3.8, 4) is 16.9 Å². The number of amides is 2. The first-order chi connectivity index (χ1) is 20.9. The van der Waals surface area contributed by atoms with E-state index in [-0.39, 0.29) is 30.5 Å². The van der Waals surface area contributed by atoms with Crippen LogP contribution in [0, 0.1) is 0 Å². The Balaban J connectivity index is 1.20. The van der Waals surface area contributed by atoms with Gasteiger partial charge in [0.15, 0.2) is 0 Å². The molecule has 10 nitrogen and oxygen atoms in total. The van der Waals surface area contributed by atoms with Gasteiger partial charge < -0.3 is 24.8 Å². The number of carbonyl (C=O) groups excluding carboxylic acids is 2. The van der Waals surface area contributed by atoms with E-state index in [1.54, 1.807) is 15.8 Å². The molecule has 1 aromatic heterocycles. The van der Waals surface area contributed by atoms with E-state index in [0.717, 1.165) is 24.0 Å². The maximum Gasteiger partial charge on any atom is 0.258 e. The van der Waals surface area contributed by atoms with Crippen LogP contribution in [0.5, 0.6) is 5.75 Å². The van der Waals surface area contributed by atoms with E-state index < -0.39 is 18.2 Å². The molecule has 4 heterocycles. The highest BCUT2D eigenvalue weighted by Crippen LogP contribution is 2.32. The van der Waals surface area contributed by atoms with E-state index in [1.807, 2.05) is 31.4 Å². The zero-order valence-electron chi connectivity index (χ0n) is 24.5. The Morgan fingerprint density at radius 2 is 1.81 bits per heavy atom. The number of aliphatic hydroxyl groups is 1. The summed E-state index contributed by atoms with van der Waals surface area (Å²) in [7, 11) is 1.87. The summed E-state index contributed by atoms with van der Waals surface area (Å²) in [4.78, 5) is 32.2. The summed E-state index contributed by atoms with van der Waals surface area (Å²) in [6.07, 6.45) is 6.29. The normalized spacial score (nSPS) is 27.0. The van der Waals surface area contributed by atoms with Crippen molar-refractivity contribution in [2.45, 2.75) is 62.5 Å². The Bertz CT molecular complexity index is 1480. The van der Waals surface area contributed by atoms with Gasteiger partial charge in [0, 0.05) is 57.4 Å². The molecule has 2 aromatic carbocycles. The molecule has 3 aromatic rings. The summed E-state index contributed by atoms with van der Waals surface area (Å²) < 4.78 is 14.3. The number of aliphatic hydroxyl groups excluding tert-OH is 1. The lowest BCUT2D eigenvalue weighted by molar-refractivity contribution is -0.135. The van der Waals surface area contributed by atoms with Gasteiger partial charge >= 0.3 is 0 Å². The van der Waals surface area contributed by atoms with Gasteiger partial charge in [0.1, 0.15) is 17.9 Å². The molecule has 2 amide bonds. The van der Waals surface area contributed by atoms with Crippen molar-refractivity contribution in [1.29, 1.82) is 0 Å². The van der Waals surface area contributed by atoms with Gasteiger partial charge in [-0.15, -0.1) is 0 Å². The molecule has 0 saturated carbocycles. The number of aryl methyl sites for hydroxylation is 1. The zero-order chi connectivity index (χ0) is 29.5. The van der Waals surface area contributed by atoms with E-state index in [1.165, 1.54) is 11.1 Å². The molecular formula is C33H39N5O5. The smallest absolute Gasteiger partial charge is 0.258 e. The Hall–Kier alpha value is -3.73. The van der Waals surface area contributed by atoms with E-state index in [2.05, 4.69) is 39.6 Å². The molecule has 3 aliphatic heterocycles. The highest BCUT2D eigenvalue weighted by molar-refractivity contribution is 6.00. The van der Waals surface area contributed by atoms with Gasteiger partial charge in [-0.25, -0.2) is 0 Å². The number of fused-ring (bicyclic) bond motifs is 5. The standard InChI is InChI=1S/C33H39N5O5/c1-36-19-24(17-35-36)23-6-8-27-30(16-23)42-13-10-26-7-9-29(39)31(43-26)18-34-32(40)28-20-37(11-12-38(28)33(27)41)25-14-21-4-2-3-5-22(21)15-25/h2-6,8,16-17,19,25-26,28-29,31,39H,7,9-15,18,20H2,1H3,(H,34,40)/t26-,28-,29-,31+/m0/s1. The second-order valence-electron chi connectivity index (χ2n) is 12.3. The number of rotatable bonds is 2. The number of ether oxygens (including phenoxy) is 2. The molecule has 7 rings (SSSR count). The summed E-state index contributed by atoms with van der Waals surface area (Å²) in [5, 5.41) is 18.0. The first kappa shape index (κ1) is 28.1. The van der Waals surface area contributed by atoms with Crippen molar-refractivity contribution >= 4 is 11.8 Å². The highest BCUT2D eigenvalue weighted by Gasteiger charge is 2.41. The number of hydrogen-bond acceptors (Lipinski definition) is 7. The largest absolute Gasteiger partial charge is 0.493 e. The summed E-state index contributed by atoms with van der Waals surface area (Å²) in [6.45, 7) is 2.13. The van der Waals surface area contributed by atoms with Gasteiger partial charge in [0.2, 0.25) is 5.91 Å². The third-order valence-corrected chi connectivity index (χ3v) is 9.53. The van der Waals surface area contributed by atoms with Crippen LogP contribution >= 0.6 is 0 Å². The topological polar surface area (TPSA) is 109 Å². The predicted octanol–water partition coefficient (Wildman–Crippen LogP) is 2.19. The third kappa shape index (κ3) is 5.67. The fraction of sp³-hybridized carbons (Fsp3) is 0.485. The molecule has 2 saturated heterocycles. The first-order valence-corrected chi connectivity index (χ1v) is 15.4. The summed E-state index contributed by atoms with van der Waals surface area (Å²) in [5.74, 6) is 0.0532. The number of hydrogen-bond donors (Lipinski definition) is 2. The minimum atomic E-state index is -0.685. The minimum absolute atomic E-state index is 0.0976. The van der Waals surface area contributed by atoms with Crippen LogP contribution in [0.1, 0.15) is 40.7 Å². The molecule has 4 atom stereocenters. The Labute approximate surface area is 251 Å². The van der Waals surface area contributed by atoms with Crippen molar-refractivity contribution in [2.75, 3.05) is 32.8 Å². The molecule has 2 fully saturated rings. The van der Waals surface area contributed by atoms with Crippen molar-refractivity contribution < 1.29 is 24.2 Å². The van der Waals surface area contributed by atoms with Gasteiger partial charge in [-0.2, -0.15) is 5.10 Å². The molecule has 1 aliphatic carbocycles. The molecule has 226 valence electrons. The predicted molar refractivity (Wildman–Crippen MR) is 160 cm³/mol. The zero-order valence-corrected chi connectivity index (χ0v) is 24.5. The average Bonchev–Trinajstić information content (AvgIpc) is 3.66. The van der Waals surface area contributed by atoms with Crippen LogP contribution in [0.25, 0.3) is 11.1 Å². The number of aromatic nitrogens is 2. The molecule has 0 radical (unpaired) electrons. The molecule has 0 spiro atoms. The fourth-order valence-corrected chi connectivity index (χ4v) is 7.08. The van der Waals surface area contributed by atoms with Gasteiger partial charge in [-0.1, -0.05) is 30.3 Å². The van der Waals surface area contributed by atoms with Crippen LogP contribution in [-0.2, 0) is 29.4 Å². The average molecular weight is 586 g/mol. The highest BCUT2D eigenvalue weighted by atomic mass is 16.5. The first-order valence-electron chi connectivity index (χ1n) is 15.4. The Morgan fingerprint density at radius 3 is 2.58 bits per heavy atom. The van der Waals surface area contributed by atoms with Crippen LogP contribution in [0.2, 0.25) is 0 Å². The van der Waals surface area contributed by atoms with Crippen molar-refractivity contribution in [3.63, 3.8) is 0 Å². The molecule has 2 N–H and O–H groups in total. The van der Waals surface area contributed by atoms with Crippen molar-refractivity contribution in [2.24, 2.45) is 7.05 Å². The van der Waals surface area contributed by atoms with Gasteiger partial charge in [-0.05, 0) is 54.5 Å². The molecule has 10 heteroatoms. The summed E-state index contributed by atoms with van der Waals surface area (Å²) in [6, 6.07) is 13.7. The number of nitrogens with zero attached hydrogens (tertiary/aromatic N) is 4. The van der Waals surface area contributed by atoms with Crippen LogP contribution < -0.4 is 10.1 Å². The van der Waals surface area contributed by atoms with E-state index in [0.29, 0.717) is 56.8 Å². The monoisotopic (exact) mass is 585 g/mol. The van der Waals surface area contributed by atoms with Crippen LogP contribution in [0.15, 0.2) is 54.9 Å². The Morgan fingerprint density at radius 1 is 1.00 bits per heavy atom. The van der Waals surface area contributed by atoms with Crippen molar-refractivity contribution in [1.82, 2.24) is 24.9 Å². The maximum atomic E-state index is 14.3. The van der Waals surface area contributed by atoms with E-state index >= 15 is 0 Å². The second kappa shape index (κ2) is 11.7. The number of carbonyl (C=O) groups is 2. The van der Waals surface area contributed by atoms with Gasteiger partial charge in [0.25, 0.3) is 5.91 Å². The van der Waals surface area contributed by atoms with Gasteiger partial charge in [-0.3, -0.25) is 19.2 Å². The molecule has 0 unspecified atom stereocenters. The SMILES string of the molecule is Cn1cc(-c2ccc3c(c2)OCC[C@@H]2CC[C@H](O)[C@@H](CNC(=O)[C@@H]4CN(C5Cc6ccccc6C5)CCN4C3=O)O2)cn1. The minimum Gasteiger partial charge on any atom is -0.493 e. The summed E-state index contributed by atoms with van der Waals surface area (Å²) in [5.41, 5.74) is 4.99. The maximum absolute atomic E-state index is 14.3. The lowest BCUT2D eigenvalue weighted by Crippen LogP contribution is -2.63. The lowest BCUT2D eigenvalue weighted by Gasteiger charge is -2.43. The van der Waals surface area contributed by atoms with Crippen LogP contribution in [-0.4, -0.2) is 99.7 Å². The van der Waals surface area contributed by atoms with Crippen LogP contribution in [0.3, 0.4) is 0 Å². The molecular weight excluding hydrogens is 546 g/mol. The molecule has 4 aliphatic rings. The van der Waals surface area contributed by atoms with Gasteiger partial charge in [0.05, 0.1) is 30.6 Å². The fourth-order valence-electron chi connectivity index (χ4n) is 7.08. The lowest BCUT2D eigenvalue weighted by atomic mass is 9.98. The quantitative estimate of drug-likeness (QED) is 0.475. The van der Waals surface area contributed by atoms with E-state index in [9.17, 15) is 14.7 Å². The van der Waals surface area contributed by atoms with Crippen LogP contribution in [0.4, 0.5) is 0 Å². The molecule has 43 heavy (non-hydrogen) atoms. The Kier molecular flexibility index (Phi) is 7.67. The number of benzene rings is 2. The number of piperazine rings is 1. The number of nitrogens with one attached hydrogen (secondary N) is 1. The molecule has 2 bridgehead atoms. The third-order valence-electron chi connectivity index (χ3n) is 9.53. The second-order valence-corrected chi connectivity index (χ2v) is 12.3.